The fourth-order valence-corrected chi connectivity index (χ4v) is 6.99. The number of halogens is 1. The van der Waals surface area contributed by atoms with E-state index in [2.05, 4.69) is 23.6 Å². The van der Waals surface area contributed by atoms with Gasteiger partial charge in [0, 0.05) is 23.5 Å². The van der Waals surface area contributed by atoms with Crippen LogP contribution in [0.4, 0.5) is 5.69 Å². The number of rotatable bonds is 5. The molecule has 3 N–H and O–H groups in total. The van der Waals surface area contributed by atoms with Crippen LogP contribution in [0.25, 0.3) is 0 Å². The topological polar surface area (TPSA) is 92.9 Å². The first-order valence-corrected chi connectivity index (χ1v) is 14.1. The van der Waals surface area contributed by atoms with Crippen molar-refractivity contribution in [1.29, 1.82) is 0 Å². The third-order valence-corrected chi connectivity index (χ3v) is 9.52. The maximum atomic E-state index is 12.2. The van der Waals surface area contributed by atoms with Gasteiger partial charge in [-0.05, 0) is 92.3 Å². The minimum absolute atomic E-state index is 0.0693. The van der Waals surface area contributed by atoms with Gasteiger partial charge < -0.3 is 14.7 Å². The largest absolute Gasteiger partial charge is 0.490 e. The zero-order chi connectivity index (χ0) is 25.0. The van der Waals surface area contributed by atoms with E-state index < -0.39 is 15.6 Å². The highest BCUT2D eigenvalue weighted by molar-refractivity contribution is 7.89. The Hall–Kier alpha value is -2.06. The number of primary sulfonamides is 1. The normalized spacial score (nSPS) is 27.6. The summed E-state index contributed by atoms with van der Waals surface area (Å²) >= 11 is 6.32. The lowest BCUT2D eigenvalue weighted by molar-refractivity contribution is -0.0310. The van der Waals surface area contributed by atoms with E-state index in [1.165, 1.54) is 17.2 Å². The number of nitrogens with zero attached hydrogens (tertiary/aromatic N) is 1. The van der Waals surface area contributed by atoms with Crippen molar-refractivity contribution in [2.45, 2.75) is 54.9 Å². The average molecular weight is 517 g/mol. The highest BCUT2D eigenvalue weighted by atomic mass is 35.5. The zero-order valence-electron chi connectivity index (χ0n) is 20.0. The average Bonchev–Trinajstić information content (AvgIpc) is 2.93. The molecule has 1 spiro atoms. The number of aryl methyl sites for hydroxylation is 1. The summed E-state index contributed by atoms with van der Waals surface area (Å²) in [6.45, 7) is 7.51. The maximum absolute atomic E-state index is 12.2. The third kappa shape index (κ3) is 4.48. The van der Waals surface area contributed by atoms with Gasteiger partial charge in [0.1, 0.15) is 5.75 Å². The minimum atomic E-state index is -3.87. The number of hydrogen-bond acceptors (Lipinski definition) is 5. The standard InChI is InChI=1S/C27H33ClN2O4S/c1-3-26(2,31)22-9-6-19(22)15-30-16-27(12-4-5-18-13-20(28)7-10-23(18)27)17-34-25-11-8-21(14-24(25)30)35(29,32)33/h3,7-8,10-11,13-14,19,22,31H,1,4-6,9,12,15-17H2,2H3,(H2,29,32,33)/t19-,22+,26?,27-/m0/s1. The van der Waals surface area contributed by atoms with Gasteiger partial charge in [0.2, 0.25) is 10.0 Å². The maximum Gasteiger partial charge on any atom is 0.238 e. The number of anilines is 1. The second-order valence-corrected chi connectivity index (χ2v) is 12.7. The lowest BCUT2D eigenvalue weighted by Gasteiger charge is -2.48. The number of sulfonamides is 1. The number of benzene rings is 2. The molecular weight excluding hydrogens is 484 g/mol. The first-order valence-electron chi connectivity index (χ1n) is 12.2. The summed E-state index contributed by atoms with van der Waals surface area (Å²) in [5.41, 5.74) is 2.04. The fraction of sp³-hybridized carbons (Fsp3) is 0.481. The van der Waals surface area contributed by atoms with Gasteiger partial charge in [-0.2, -0.15) is 0 Å². The molecule has 0 saturated heterocycles. The molecule has 5 rings (SSSR count). The van der Waals surface area contributed by atoms with Crippen LogP contribution in [0.5, 0.6) is 5.75 Å². The van der Waals surface area contributed by atoms with Crippen LogP contribution in [0.15, 0.2) is 53.9 Å². The molecule has 8 heteroatoms. The van der Waals surface area contributed by atoms with Crippen molar-refractivity contribution >= 4 is 27.3 Å². The molecule has 0 radical (unpaired) electrons. The monoisotopic (exact) mass is 516 g/mol. The Kier molecular flexibility index (Phi) is 6.19. The number of nitrogens with two attached hydrogens (primary N) is 1. The minimum Gasteiger partial charge on any atom is -0.490 e. The van der Waals surface area contributed by atoms with E-state index in [9.17, 15) is 13.5 Å². The van der Waals surface area contributed by atoms with E-state index in [0.29, 0.717) is 25.4 Å². The molecule has 2 aliphatic carbocycles. The Bertz CT molecular complexity index is 1260. The summed E-state index contributed by atoms with van der Waals surface area (Å²) in [6, 6.07) is 11.0. The summed E-state index contributed by atoms with van der Waals surface area (Å²) in [7, 11) is -3.87. The highest BCUT2D eigenvalue weighted by Crippen LogP contribution is 2.48. The second kappa shape index (κ2) is 8.80. The lowest BCUT2D eigenvalue weighted by atomic mass is 9.65. The molecule has 4 atom stereocenters. The molecule has 1 heterocycles. The van der Waals surface area contributed by atoms with Crippen molar-refractivity contribution < 1.29 is 18.3 Å². The van der Waals surface area contributed by atoms with Crippen LogP contribution in [0.2, 0.25) is 5.02 Å². The third-order valence-electron chi connectivity index (χ3n) is 8.37. The molecule has 1 unspecified atom stereocenters. The molecule has 2 aromatic carbocycles. The van der Waals surface area contributed by atoms with Gasteiger partial charge in [0.15, 0.2) is 0 Å². The van der Waals surface area contributed by atoms with E-state index in [1.807, 2.05) is 13.0 Å². The second-order valence-electron chi connectivity index (χ2n) is 10.7. The van der Waals surface area contributed by atoms with E-state index in [0.717, 1.165) is 42.8 Å². The van der Waals surface area contributed by atoms with Crippen LogP contribution in [0.3, 0.4) is 0 Å². The van der Waals surface area contributed by atoms with Gasteiger partial charge in [-0.25, -0.2) is 13.6 Å². The van der Waals surface area contributed by atoms with Gasteiger partial charge in [0.05, 0.1) is 22.8 Å². The van der Waals surface area contributed by atoms with Gasteiger partial charge in [-0.3, -0.25) is 0 Å². The van der Waals surface area contributed by atoms with Crippen LogP contribution < -0.4 is 14.8 Å². The van der Waals surface area contributed by atoms with Crippen molar-refractivity contribution in [3.8, 4) is 5.75 Å². The number of hydrogen-bond donors (Lipinski definition) is 2. The number of fused-ring (bicyclic) bond motifs is 3. The summed E-state index contributed by atoms with van der Waals surface area (Å²) in [5, 5.41) is 17.1. The van der Waals surface area contributed by atoms with E-state index in [-0.39, 0.29) is 22.1 Å². The van der Waals surface area contributed by atoms with Gasteiger partial charge >= 0.3 is 0 Å². The van der Waals surface area contributed by atoms with Crippen LogP contribution in [0, 0.1) is 11.8 Å². The molecule has 35 heavy (non-hydrogen) atoms. The summed E-state index contributed by atoms with van der Waals surface area (Å²) in [5.74, 6) is 1.00. The smallest absolute Gasteiger partial charge is 0.238 e. The van der Waals surface area contributed by atoms with Crippen LogP contribution in [-0.2, 0) is 21.9 Å². The molecule has 1 fully saturated rings. The molecule has 1 saturated carbocycles. The van der Waals surface area contributed by atoms with Crippen molar-refractivity contribution in [3.05, 3.63) is 65.2 Å². The quantitative estimate of drug-likeness (QED) is 0.574. The summed E-state index contributed by atoms with van der Waals surface area (Å²) in [6.07, 6.45) is 6.53. The highest BCUT2D eigenvalue weighted by Gasteiger charge is 2.46. The van der Waals surface area contributed by atoms with Crippen molar-refractivity contribution in [2.24, 2.45) is 17.0 Å². The Morgan fingerprint density at radius 3 is 2.80 bits per heavy atom. The van der Waals surface area contributed by atoms with Crippen LogP contribution in [-0.4, -0.2) is 38.8 Å². The molecular formula is C27H33ClN2O4S. The summed E-state index contributed by atoms with van der Waals surface area (Å²) in [4.78, 5) is 2.33. The van der Waals surface area contributed by atoms with E-state index >= 15 is 0 Å². The van der Waals surface area contributed by atoms with E-state index in [4.69, 9.17) is 21.5 Å². The predicted molar refractivity (Wildman–Crippen MR) is 139 cm³/mol. The molecule has 0 bridgehead atoms. The molecule has 0 aromatic heterocycles. The van der Waals surface area contributed by atoms with Crippen LogP contribution in [0.1, 0.15) is 43.7 Å². The number of aliphatic hydroxyl groups is 1. The molecule has 6 nitrogen and oxygen atoms in total. The predicted octanol–water partition coefficient (Wildman–Crippen LogP) is 4.42. The zero-order valence-corrected chi connectivity index (χ0v) is 21.6. The number of ether oxygens (including phenoxy) is 1. The molecule has 2 aromatic rings. The molecule has 188 valence electrons. The molecule has 1 aliphatic heterocycles. The van der Waals surface area contributed by atoms with Crippen LogP contribution >= 0.6 is 11.6 Å². The Balaban J connectivity index is 1.57. The fourth-order valence-electron chi connectivity index (χ4n) is 6.26. The van der Waals surface area contributed by atoms with Crippen molar-refractivity contribution in [3.63, 3.8) is 0 Å². The van der Waals surface area contributed by atoms with Crippen molar-refractivity contribution in [2.75, 3.05) is 24.6 Å². The first kappa shape index (κ1) is 24.6. The molecule has 3 aliphatic rings. The van der Waals surface area contributed by atoms with Gasteiger partial charge in [-0.1, -0.05) is 23.7 Å². The Morgan fingerprint density at radius 2 is 2.11 bits per heavy atom. The lowest BCUT2D eigenvalue weighted by Crippen LogP contribution is -2.51. The van der Waals surface area contributed by atoms with Crippen molar-refractivity contribution in [1.82, 2.24) is 0 Å². The van der Waals surface area contributed by atoms with Gasteiger partial charge in [0.25, 0.3) is 0 Å². The molecule has 0 amide bonds. The first-order chi connectivity index (χ1) is 16.5. The van der Waals surface area contributed by atoms with Gasteiger partial charge in [-0.15, -0.1) is 6.58 Å². The Morgan fingerprint density at radius 1 is 1.31 bits per heavy atom. The van der Waals surface area contributed by atoms with E-state index in [1.54, 1.807) is 18.2 Å². The summed E-state index contributed by atoms with van der Waals surface area (Å²) < 4.78 is 30.8. The SMILES string of the molecule is C=CC(C)(O)[C@@H]1CC[C@H]1CN1C[C@@]2(CCCc3cc(Cl)ccc32)COc2ccc(S(N)(=O)=O)cc21. The Labute approximate surface area is 212 Å².